The monoisotopic (exact) mass is 275 g/mol. The van der Waals surface area contributed by atoms with Crippen LogP contribution in [0.4, 0.5) is 0 Å². The predicted molar refractivity (Wildman–Crippen MR) is 75.2 cm³/mol. The molecule has 2 aliphatic heterocycles. The molecule has 0 amide bonds. The standard InChI is InChI=1S/C16H21NO3/c1-11(12-6-4-3-5-7-12)17-14-8-13(9-20-10-14)15(17)16(18)19-2/h3-7,11,13-15H,8-10H2,1-2H3/t11-,13-,14+,15+/m0/s1. The first-order valence-corrected chi connectivity index (χ1v) is 7.20. The average Bonchev–Trinajstić information content (AvgIpc) is 2.77. The van der Waals surface area contributed by atoms with Crippen LogP contribution in [0.2, 0.25) is 0 Å². The van der Waals surface area contributed by atoms with Gasteiger partial charge in [-0.05, 0) is 18.9 Å². The SMILES string of the molecule is COC(=O)[C@H]1[C@@H]2COC[C@@H](C2)N1[C@@H](C)c1ccccc1. The van der Waals surface area contributed by atoms with Crippen molar-refractivity contribution in [1.29, 1.82) is 0 Å². The van der Waals surface area contributed by atoms with Crippen LogP contribution in [0.5, 0.6) is 0 Å². The highest BCUT2D eigenvalue weighted by Crippen LogP contribution is 2.40. The van der Waals surface area contributed by atoms with E-state index in [0.717, 1.165) is 6.42 Å². The minimum absolute atomic E-state index is 0.134. The topological polar surface area (TPSA) is 38.8 Å². The Morgan fingerprint density at radius 2 is 2.10 bits per heavy atom. The van der Waals surface area contributed by atoms with Crippen molar-refractivity contribution in [1.82, 2.24) is 4.90 Å². The highest BCUT2D eigenvalue weighted by molar-refractivity contribution is 5.76. The average molecular weight is 275 g/mol. The second-order valence-corrected chi connectivity index (χ2v) is 5.69. The highest BCUT2D eigenvalue weighted by atomic mass is 16.5. The Morgan fingerprint density at radius 1 is 1.35 bits per heavy atom. The van der Waals surface area contributed by atoms with Crippen LogP contribution in [-0.4, -0.2) is 43.3 Å². The molecule has 2 heterocycles. The summed E-state index contributed by atoms with van der Waals surface area (Å²) in [5.41, 5.74) is 1.23. The van der Waals surface area contributed by atoms with Crippen LogP contribution in [0.3, 0.4) is 0 Å². The van der Waals surface area contributed by atoms with Crippen LogP contribution in [0.15, 0.2) is 30.3 Å². The molecular weight excluding hydrogens is 254 g/mol. The van der Waals surface area contributed by atoms with E-state index in [-0.39, 0.29) is 24.0 Å². The third-order valence-corrected chi connectivity index (χ3v) is 4.58. The van der Waals surface area contributed by atoms with Crippen molar-refractivity contribution in [2.75, 3.05) is 20.3 Å². The van der Waals surface area contributed by atoms with Gasteiger partial charge in [-0.3, -0.25) is 9.69 Å². The maximum absolute atomic E-state index is 12.2. The molecule has 1 aromatic carbocycles. The fraction of sp³-hybridized carbons (Fsp3) is 0.562. The number of rotatable bonds is 3. The second kappa shape index (κ2) is 5.54. The number of likely N-dealkylation sites (tertiary alicyclic amines) is 1. The molecule has 0 aromatic heterocycles. The summed E-state index contributed by atoms with van der Waals surface area (Å²) >= 11 is 0. The Morgan fingerprint density at radius 3 is 2.80 bits per heavy atom. The van der Waals surface area contributed by atoms with Gasteiger partial charge in [-0.25, -0.2) is 0 Å². The number of hydrogen-bond acceptors (Lipinski definition) is 4. The van der Waals surface area contributed by atoms with Crippen molar-refractivity contribution in [3.8, 4) is 0 Å². The highest BCUT2D eigenvalue weighted by Gasteiger charge is 2.50. The van der Waals surface area contributed by atoms with Crippen molar-refractivity contribution in [3.05, 3.63) is 35.9 Å². The molecule has 0 radical (unpaired) electrons. The molecule has 3 rings (SSSR count). The van der Waals surface area contributed by atoms with Gasteiger partial charge >= 0.3 is 5.97 Å². The first-order chi connectivity index (χ1) is 9.72. The number of carbonyl (C=O) groups excluding carboxylic acids is 1. The summed E-state index contributed by atoms with van der Waals surface area (Å²) in [7, 11) is 1.47. The van der Waals surface area contributed by atoms with E-state index in [2.05, 4.69) is 24.0 Å². The maximum Gasteiger partial charge on any atom is 0.323 e. The molecule has 4 heteroatoms. The van der Waals surface area contributed by atoms with E-state index < -0.39 is 0 Å². The van der Waals surface area contributed by atoms with Crippen molar-refractivity contribution in [2.45, 2.75) is 31.5 Å². The molecule has 2 aliphatic rings. The molecule has 4 nitrogen and oxygen atoms in total. The number of ether oxygens (including phenoxy) is 2. The Kier molecular flexibility index (Phi) is 3.76. The number of nitrogens with zero attached hydrogens (tertiary/aromatic N) is 1. The second-order valence-electron chi connectivity index (χ2n) is 5.69. The molecule has 0 unspecified atom stereocenters. The molecule has 108 valence electrons. The number of hydrogen-bond donors (Lipinski definition) is 0. The van der Waals surface area contributed by atoms with E-state index in [1.54, 1.807) is 0 Å². The van der Waals surface area contributed by atoms with Gasteiger partial charge in [-0.1, -0.05) is 30.3 Å². The number of fused-ring (bicyclic) bond motifs is 2. The van der Waals surface area contributed by atoms with E-state index in [1.807, 2.05) is 18.2 Å². The molecule has 2 fully saturated rings. The summed E-state index contributed by atoms with van der Waals surface area (Å²) in [6.45, 7) is 3.53. The fourth-order valence-corrected chi connectivity index (χ4v) is 3.64. The summed E-state index contributed by atoms with van der Waals surface area (Å²) in [5.74, 6) is 0.123. The molecule has 2 saturated heterocycles. The third kappa shape index (κ3) is 2.23. The van der Waals surface area contributed by atoms with Crippen molar-refractivity contribution < 1.29 is 14.3 Å². The molecule has 0 aliphatic carbocycles. The summed E-state index contributed by atoms with van der Waals surface area (Å²) in [5, 5.41) is 0. The van der Waals surface area contributed by atoms with Crippen LogP contribution >= 0.6 is 0 Å². The first-order valence-electron chi connectivity index (χ1n) is 7.20. The zero-order valence-corrected chi connectivity index (χ0v) is 12.0. The predicted octanol–water partition coefficient (Wildman–Crippen LogP) is 2.01. The first kappa shape index (κ1) is 13.6. The molecule has 20 heavy (non-hydrogen) atoms. The summed E-state index contributed by atoms with van der Waals surface area (Å²) in [6, 6.07) is 10.6. The Labute approximate surface area is 119 Å². The van der Waals surface area contributed by atoms with Crippen molar-refractivity contribution >= 4 is 5.97 Å². The van der Waals surface area contributed by atoms with Crippen molar-refractivity contribution in [2.24, 2.45) is 5.92 Å². The van der Waals surface area contributed by atoms with E-state index in [4.69, 9.17) is 9.47 Å². The van der Waals surface area contributed by atoms with Gasteiger partial charge in [0.05, 0.1) is 20.3 Å². The zero-order chi connectivity index (χ0) is 14.1. The summed E-state index contributed by atoms with van der Waals surface area (Å²) in [4.78, 5) is 14.5. The van der Waals surface area contributed by atoms with Gasteiger partial charge in [0, 0.05) is 18.0 Å². The minimum atomic E-state index is -0.178. The minimum Gasteiger partial charge on any atom is -0.468 e. The van der Waals surface area contributed by atoms with Crippen LogP contribution in [0.25, 0.3) is 0 Å². The van der Waals surface area contributed by atoms with Gasteiger partial charge in [-0.2, -0.15) is 0 Å². The Balaban J connectivity index is 1.90. The number of methoxy groups -OCH3 is 1. The van der Waals surface area contributed by atoms with E-state index in [1.165, 1.54) is 12.7 Å². The van der Waals surface area contributed by atoms with Gasteiger partial charge in [0.1, 0.15) is 6.04 Å². The number of benzene rings is 1. The van der Waals surface area contributed by atoms with Gasteiger partial charge in [-0.15, -0.1) is 0 Å². The van der Waals surface area contributed by atoms with Gasteiger partial charge < -0.3 is 9.47 Å². The lowest BCUT2D eigenvalue weighted by atomic mass is 9.98. The molecule has 1 aromatic rings. The van der Waals surface area contributed by atoms with Gasteiger partial charge in [0.2, 0.25) is 0 Å². The molecule has 0 N–H and O–H groups in total. The molecule has 4 atom stereocenters. The van der Waals surface area contributed by atoms with Gasteiger partial charge in [0.15, 0.2) is 0 Å². The van der Waals surface area contributed by atoms with E-state index >= 15 is 0 Å². The van der Waals surface area contributed by atoms with E-state index in [0.29, 0.717) is 19.3 Å². The molecular formula is C16H21NO3. The van der Waals surface area contributed by atoms with E-state index in [9.17, 15) is 4.79 Å². The van der Waals surface area contributed by atoms with Crippen LogP contribution in [0.1, 0.15) is 24.9 Å². The fourth-order valence-electron chi connectivity index (χ4n) is 3.64. The lowest BCUT2D eigenvalue weighted by molar-refractivity contribution is -0.148. The molecule has 0 saturated carbocycles. The van der Waals surface area contributed by atoms with Crippen LogP contribution in [0, 0.1) is 5.92 Å². The lowest BCUT2D eigenvalue weighted by Crippen LogP contribution is -2.44. The quantitative estimate of drug-likeness (QED) is 0.791. The normalized spacial score (nSPS) is 31.0. The van der Waals surface area contributed by atoms with Gasteiger partial charge in [0.25, 0.3) is 0 Å². The Hall–Kier alpha value is -1.39. The largest absolute Gasteiger partial charge is 0.468 e. The zero-order valence-electron chi connectivity index (χ0n) is 12.0. The lowest BCUT2D eigenvalue weighted by Gasteiger charge is -2.33. The third-order valence-electron chi connectivity index (χ3n) is 4.58. The number of carbonyl (C=O) groups is 1. The Bertz CT molecular complexity index is 476. The van der Waals surface area contributed by atoms with Crippen LogP contribution in [-0.2, 0) is 14.3 Å². The van der Waals surface area contributed by atoms with Crippen molar-refractivity contribution in [3.63, 3.8) is 0 Å². The maximum atomic E-state index is 12.2. The summed E-state index contributed by atoms with van der Waals surface area (Å²) in [6.07, 6.45) is 1.02. The molecule has 0 spiro atoms. The summed E-state index contributed by atoms with van der Waals surface area (Å²) < 4.78 is 10.7. The smallest absolute Gasteiger partial charge is 0.323 e. The van der Waals surface area contributed by atoms with Crippen LogP contribution < -0.4 is 0 Å². The number of esters is 1. The molecule has 2 bridgehead atoms.